The number of nitrogens with zero attached hydrogens (tertiary/aromatic N) is 6. The van der Waals surface area contributed by atoms with Crippen LogP contribution in [-0.4, -0.2) is 61.3 Å². The summed E-state index contributed by atoms with van der Waals surface area (Å²) in [5.74, 6) is 0.106. The topological polar surface area (TPSA) is 143 Å². The van der Waals surface area contributed by atoms with Gasteiger partial charge in [-0.25, -0.2) is 23.1 Å². The molecule has 3 aromatic rings. The van der Waals surface area contributed by atoms with Gasteiger partial charge >= 0.3 is 0 Å². The van der Waals surface area contributed by atoms with Crippen LogP contribution in [0.25, 0.3) is 0 Å². The summed E-state index contributed by atoms with van der Waals surface area (Å²) >= 11 is 12.0. The Labute approximate surface area is 223 Å². The van der Waals surface area contributed by atoms with Gasteiger partial charge in [0.15, 0.2) is 0 Å². The number of hydrogen-bond acceptors (Lipinski definition) is 8. The van der Waals surface area contributed by atoms with Crippen molar-refractivity contribution >= 4 is 39.1 Å². The average Bonchev–Trinajstić information content (AvgIpc) is 3.35. The van der Waals surface area contributed by atoms with Crippen LogP contribution in [-0.2, 0) is 34.1 Å². The average molecular weight is 564 g/mol. The van der Waals surface area contributed by atoms with E-state index >= 15 is 0 Å². The van der Waals surface area contributed by atoms with Crippen molar-refractivity contribution in [3.05, 3.63) is 75.8 Å². The van der Waals surface area contributed by atoms with E-state index in [0.717, 1.165) is 34.8 Å². The lowest BCUT2D eigenvalue weighted by Crippen LogP contribution is -2.50. The van der Waals surface area contributed by atoms with Gasteiger partial charge in [-0.15, -0.1) is 5.10 Å². The van der Waals surface area contributed by atoms with E-state index in [2.05, 4.69) is 25.6 Å². The number of carbonyl (C=O) groups excluding carboxylic acids is 1. The molecule has 0 bridgehead atoms. The first-order valence-corrected chi connectivity index (χ1v) is 13.8. The molecule has 2 aliphatic rings. The van der Waals surface area contributed by atoms with Gasteiger partial charge in [0.05, 0.1) is 33.3 Å². The highest BCUT2D eigenvalue weighted by atomic mass is 35.5. The van der Waals surface area contributed by atoms with E-state index in [0.29, 0.717) is 17.9 Å². The number of hydrogen-bond donors (Lipinski definition) is 2. The Kier molecular flexibility index (Phi) is 7.17. The first-order chi connectivity index (χ1) is 17.8. The zero-order valence-electron chi connectivity index (χ0n) is 19.5. The van der Waals surface area contributed by atoms with Gasteiger partial charge in [-0.2, -0.15) is 0 Å². The predicted molar refractivity (Wildman–Crippen MR) is 134 cm³/mol. The van der Waals surface area contributed by atoms with Crippen LogP contribution in [0.2, 0.25) is 10.0 Å². The molecule has 37 heavy (non-hydrogen) atoms. The normalized spacial score (nSPS) is 19.5. The summed E-state index contributed by atoms with van der Waals surface area (Å²) in [6.45, 7) is -0.0175. The minimum absolute atomic E-state index is 0.00222. The maximum absolute atomic E-state index is 13.4. The molecule has 0 fully saturated rings. The Morgan fingerprint density at radius 1 is 1.22 bits per heavy atom. The molecule has 0 saturated carbocycles. The summed E-state index contributed by atoms with van der Waals surface area (Å²) in [6, 6.07) is 2.76. The third kappa shape index (κ3) is 5.06. The monoisotopic (exact) mass is 563 g/mol. The lowest BCUT2D eigenvalue weighted by Gasteiger charge is -2.31. The molecule has 11 nitrogen and oxygen atoms in total. The highest BCUT2D eigenvalue weighted by Gasteiger charge is 2.37. The fourth-order valence-electron chi connectivity index (χ4n) is 4.52. The molecule has 194 valence electrons. The fraction of sp³-hybridized carbons (Fsp3) is 0.348. The number of fused-ring (bicyclic) bond motifs is 1. The smallest absolute Gasteiger partial charge is 0.264 e. The Balaban J connectivity index is 1.40. The van der Waals surface area contributed by atoms with Gasteiger partial charge in [0.2, 0.25) is 5.91 Å². The molecule has 1 amide bonds. The Morgan fingerprint density at radius 2 is 2.05 bits per heavy atom. The SMILES string of the molecule is O=C1NC=CN(S(=O)(=O)c2ccc(Cl)c(Cl)c2)[C@@H]1Cc1cn([C@@H]2CCCc3nc(CCO)ncc32)nn1. The molecule has 5 rings (SSSR count). The molecule has 0 saturated heterocycles. The highest BCUT2D eigenvalue weighted by molar-refractivity contribution is 7.89. The Bertz CT molecular complexity index is 1480. The standard InChI is InChI=1S/C23H23Cl2N7O4S/c24-17-5-4-15(11-18(17)25)37(35,36)32-8-7-26-23(34)21(32)10-14-13-31(30-29-14)20-3-1-2-19-16(20)12-27-22(28-19)6-9-33/h4-5,7-8,11-13,20-21,33H,1-3,6,9-10H2,(H,26,34)/t20-,21-/m1/s1. The first kappa shape index (κ1) is 25.6. The van der Waals surface area contributed by atoms with Crippen LogP contribution in [0, 0.1) is 0 Å². The molecule has 2 atom stereocenters. The highest BCUT2D eigenvalue weighted by Crippen LogP contribution is 2.32. The van der Waals surface area contributed by atoms with Gasteiger partial charge in [0.25, 0.3) is 10.0 Å². The summed E-state index contributed by atoms with van der Waals surface area (Å²) in [5.41, 5.74) is 2.31. The van der Waals surface area contributed by atoms with Crippen LogP contribution >= 0.6 is 23.2 Å². The molecule has 1 aliphatic carbocycles. The van der Waals surface area contributed by atoms with Crippen LogP contribution < -0.4 is 5.32 Å². The van der Waals surface area contributed by atoms with Crippen molar-refractivity contribution < 1.29 is 18.3 Å². The number of amides is 1. The zero-order valence-corrected chi connectivity index (χ0v) is 21.8. The number of aliphatic hydroxyl groups excluding tert-OH is 1. The number of halogens is 2. The van der Waals surface area contributed by atoms with Gasteiger partial charge in [0.1, 0.15) is 11.9 Å². The van der Waals surface area contributed by atoms with E-state index in [-0.39, 0.29) is 34.0 Å². The molecule has 1 aromatic carbocycles. The summed E-state index contributed by atoms with van der Waals surface area (Å²) in [6.07, 6.45) is 8.97. The molecule has 0 radical (unpaired) electrons. The second kappa shape index (κ2) is 10.4. The molecule has 0 spiro atoms. The van der Waals surface area contributed by atoms with Crippen LogP contribution in [0.1, 0.15) is 41.7 Å². The fourth-order valence-corrected chi connectivity index (χ4v) is 6.35. The summed E-state index contributed by atoms with van der Waals surface area (Å²) in [4.78, 5) is 21.6. The number of aryl methyl sites for hydroxylation is 1. The Hall–Kier alpha value is -3.06. The molecule has 0 unspecified atom stereocenters. The molecule has 14 heteroatoms. The number of aliphatic hydroxyl groups is 1. The lowest BCUT2D eigenvalue weighted by atomic mass is 9.92. The number of benzene rings is 1. The van der Waals surface area contributed by atoms with Gasteiger partial charge in [-0.1, -0.05) is 28.4 Å². The van der Waals surface area contributed by atoms with Crippen LogP contribution in [0.4, 0.5) is 0 Å². The minimum Gasteiger partial charge on any atom is -0.396 e. The van der Waals surface area contributed by atoms with Gasteiger partial charge in [-0.3, -0.25) is 9.10 Å². The van der Waals surface area contributed by atoms with Crippen molar-refractivity contribution in [2.75, 3.05) is 6.61 Å². The van der Waals surface area contributed by atoms with Crippen molar-refractivity contribution in [2.24, 2.45) is 0 Å². The third-order valence-corrected chi connectivity index (χ3v) is 8.86. The quantitative estimate of drug-likeness (QED) is 0.444. The first-order valence-electron chi connectivity index (χ1n) is 11.6. The van der Waals surface area contributed by atoms with Crippen LogP contribution in [0.15, 0.2) is 47.9 Å². The van der Waals surface area contributed by atoms with Gasteiger partial charge < -0.3 is 10.4 Å². The minimum atomic E-state index is -4.11. The van der Waals surface area contributed by atoms with E-state index in [9.17, 15) is 18.3 Å². The number of nitrogens with one attached hydrogen (secondary N) is 1. The van der Waals surface area contributed by atoms with Gasteiger partial charge in [-0.05, 0) is 37.5 Å². The largest absolute Gasteiger partial charge is 0.396 e. The third-order valence-electron chi connectivity index (χ3n) is 6.34. The molecule has 3 heterocycles. The molecule has 2 aromatic heterocycles. The van der Waals surface area contributed by atoms with Gasteiger partial charge in [0, 0.05) is 48.9 Å². The second-order valence-electron chi connectivity index (χ2n) is 8.71. The van der Waals surface area contributed by atoms with Crippen molar-refractivity contribution in [3.63, 3.8) is 0 Å². The van der Waals surface area contributed by atoms with E-state index in [4.69, 9.17) is 23.2 Å². The number of sulfonamides is 1. The summed E-state index contributed by atoms with van der Waals surface area (Å²) in [7, 11) is -4.11. The van der Waals surface area contributed by atoms with Crippen LogP contribution in [0.3, 0.4) is 0 Å². The van der Waals surface area contributed by atoms with Crippen molar-refractivity contribution in [3.8, 4) is 0 Å². The van der Waals surface area contributed by atoms with E-state index < -0.39 is 22.0 Å². The predicted octanol–water partition coefficient (Wildman–Crippen LogP) is 2.04. The molecular formula is C23H23Cl2N7O4S. The maximum Gasteiger partial charge on any atom is 0.264 e. The molecule has 2 N–H and O–H groups in total. The van der Waals surface area contributed by atoms with E-state index in [1.165, 1.54) is 30.6 Å². The Morgan fingerprint density at radius 3 is 2.84 bits per heavy atom. The number of rotatable bonds is 7. The molecular weight excluding hydrogens is 541 g/mol. The summed E-state index contributed by atoms with van der Waals surface area (Å²) in [5, 5.41) is 20.6. The van der Waals surface area contributed by atoms with Crippen molar-refractivity contribution in [1.82, 2.24) is 34.6 Å². The maximum atomic E-state index is 13.4. The molecule has 1 aliphatic heterocycles. The lowest BCUT2D eigenvalue weighted by molar-refractivity contribution is -0.124. The zero-order chi connectivity index (χ0) is 26.2. The second-order valence-corrected chi connectivity index (χ2v) is 11.4. The van der Waals surface area contributed by atoms with Crippen LogP contribution in [0.5, 0.6) is 0 Å². The number of aromatic nitrogens is 5. The van der Waals surface area contributed by atoms with Crippen molar-refractivity contribution in [2.45, 2.75) is 49.1 Å². The van der Waals surface area contributed by atoms with E-state index in [1.807, 2.05) is 0 Å². The summed E-state index contributed by atoms with van der Waals surface area (Å²) < 4.78 is 29.5. The van der Waals surface area contributed by atoms with E-state index in [1.54, 1.807) is 17.1 Å². The van der Waals surface area contributed by atoms with Crippen molar-refractivity contribution in [1.29, 1.82) is 0 Å². The number of carbonyl (C=O) groups is 1.